The third-order valence-electron chi connectivity index (χ3n) is 11.3. The van der Waals surface area contributed by atoms with Gasteiger partial charge in [-0.2, -0.15) is 16.9 Å². The maximum absolute atomic E-state index is 15.0. The molecule has 15 heteroatoms. The van der Waals surface area contributed by atoms with Crippen LogP contribution in [0.15, 0.2) is 57.0 Å². The van der Waals surface area contributed by atoms with Crippen molar-refractivity contribution in [1.29, 1.82) is 0 Å². The Morgan fingerprint density at radius 2 is 1.67 bits per heavy atom. The lowest BCUT2D eigenvalue weighted by molar-refractivity contribution is 0.1000. The Morgan fingerprint density at radius 1 is 0.926 bits per heavy atom. The summed E-state index contributed by atoms with van der Waals surface area (Å²) < 4.78 is 29.7. The van der Waals surface area contributed by atoms with Gasteiger partial charge in [-0.15, -0.1) is 0 Å². The molecule has 5 aromatic rings. The molecule has 2 aromatic carbocycles. The van der Waals surface area contributed by atoms with Crippen LogP contribution in [0.5, 0.6) is 5.75 Å². The maximum atomic E-state index is 15.0. The van der Waals surface area contributed by atoms with Crippen molar-refractivity contribution >= 4 is 33.6 Å². The largest absolute Gasteiger partial charge is 0.493 e. The van der Waals surface area contributed by atoms with Crippen LogP contribution in [0.1, 0.15) is 55.8 Å². The highest BCUT2D eigenvalue weighted by Crippen LogP contribution is 2.32. The second-order valence-electron chi connectivity index (χ2n) is 14.9. The average Bonchev–Trinajstić information content (AvgIpc) is 3.51. The van der Waals surface area contributed by atoms with E-state index < -0.39 is 22.6 Å². The molecule has 54 heavy (non-hydrogen) atoms. The maximum Gasteiger partial charge on any atom is 0.334 e. The molecule has 0 atom stereocenters. The summed E-state index contributed by atoms with van der Waals surface area (Å²) in [7, 11) is 1.88. The number of rotatable bonds is 11. The van der Waals surface area contributed by atoms with E-state index in [0.717, 1.165) is 102 Å². The van der Waals surface area contributed by atoms with Crippen LogP contribution in [0.3, 0.4) is 0 Å². The van der Waals surface area contributed by atoms with E-state index in [9.17, 15) is 14.4 Å². The minimum atomic E-state index is -0.606. The number of piperidine rings is 2. The fourth-order valence-corrected chi connectivity index (χ4v) is 9.13. The number of H-pyrrole nitrogens is 2. The molecular formula is C39H47FN8O5S. The van der Waals surface area contributed by atoms with Gasteiger partial charge in [0.25, 0.3) is 11.1 Å². The van der Waals surface area contributed by atoms with Gasteiger partial charge >= 0.3 is 5.69 Å². The second-order valence-corrected chi connectivity index (χ2v) is 16.1. The minimum Gasteiger partial charge on any atom is -0.493 e. The topological polar surface area (TPSA) is 143 Å². The molecular weight excluding hydrogens is 712 g/mol. The highest BCUT2D eigenvalue weighted by Gasteiger charge is 2.25. The number of hydrogen-bond acceptors (Lipinski definition) is 10. The zero-order valence-corrected chi connectivity index (χ0v) is 31.4. The van der Waals surface area contributed by atoms with E-state index in [-0.39, 0.29) is 5.39 Å². The molecule has 0 saturated carbocycles. The summed E-state index contributed by atoms with van der Waals surface area (Å²) in [6.45, 7) is 8.25. The predicted molar refractivity (Wildman–Crippen MR) is 207 cm³/mol. The van der Waals surface area contributed by atoms with E-state index in [2.05, 4.69) is 42.0 Å². The molecule has 3 aliphatic rings. The van der Waals surface area contributed by atoms with Crippen molar-refractivity contribution in [3.63, 3.8) is 0 Å². The fourth-order valence-electron chi connectivity index (χ4n) is 8.07. The Hall–Kier alpha value is -4.31. The van der Waals surface area contributed by atoms with Crippen molar-refractivity contribution in [3.05, 3.63) is 91.0 Å². The molecule has 3 fully saturated rings. The van der Waals surface area contributed by atoms with E-state index in [1.165, 1.54) is 28.5 Å². The van der Waals surface area contributed by atoms with Crippen LogP contribution in [-0.4, -0.2) is 103 Å². The van der Waals surface area contributed by atoms with Crippen LogP contribution >= 0.6 is 11.8 Å². The lowest BCUT2D eigenvalue weighted by Crippen LogP contribution is -2.42. The van der Waals surface area contributed by atoms with Crippen molar-refractivity contribution < 1.29 is 13.9 Å². The molecule has 0 amide bonds. The number of benzene rings is 2. The normalized spacial score (nSPS) is 18.6. The third-order valence-corrected chi connectivity index (χ3v) is 12.7. The molecule has 286 valence electrons. The van der Waals surface area contributed by atoms with Gasteiger partial charge < -0.3 is 24.3 Å². The van der Waals surface area contributed by atoms with Gasteiger partial charge in [-0.25, -0.2) is 14.2 Å². The van der Waals surface area contributed by atoms with Crippen LogP contribution in [-0.2, 0) is 17.5 Å². The number of thioether (sulfide) groups is 1. The van der Waals surface area contributed by atoms with E-state index in [0.29, 0.717) is 52.4 Å². The molecule has 3 aliphatic heterocycles. The summed E-state index contributed by atoms with van der Waals surface area (Å²) in [5, 5.41) is 5.90. The SMILES string of the molecule is Cn1nc(-n2ccc(=O)[nH]c2=O)c2ccc(C3CCN(CCN4CCC(COc5cc(F)c6c(=O)[nH]c(CSC7CCOCC7)nc6c5)CC4)CC3)cc21. The van der Waals surface area contributed by atoms with Gasteiger partial charge in [0.1, 0.15) is 22.8 Å². The average molecular weight is 759 g/mol. The number of halogens is 1. The standard InChI is InChI=1S/C39H47FN8O5S/c1-45-33-20-27(2-3-30(33)37(44-45)48-15-8-35(49)43-39(48)51)26-6-13-47(14-7-26)17-16-46-11-4-25(5-12-46)23-53-28-21-31(40)36-32(22-28)41-34(42-38(36)50)24-54-29-9-18-52-19-10-29/h2-3,8,15,20-22,25-26,29H,4-7,9-14,16-19,23-24H2,1H3,(H,41,42,50)(H,43,49,51). The van der Waals surface area contributed by atoms with Gasteiger partial charge in [0, 0.05) is 68.4 Å². The molecule has 0 spiro atoms. The third kappa shape index (κ3) is 8.19. The molecule has 3 saturated heterocycles. The second kappa shape index (κ2) is 16.2. The van der Waals surface area contributed by atoms with Crippen LogP contribution < -0.4 is 21.5 Å². The van der Waals surface area contributed by atoms with Gasteiger partial charge in [-0.05, 0) is 94.2 Å². The van der Waals surface area contributed by atoms with Gasteiger partial charge in [0.2, 0.25) is 0 Å². The first-order valence-corrected chi connectivity index (χ1v) is 20.1. The summed E-state index contributed by atoms with van der Waals surface area (Å²) >= 11 is 1.76. The number of fused-ring (bicyclic) bond motifs is 2. The highest BCUT2D eigenvalue weighted by molar-refractivity contribution is 7.99. The minimum absolute atomic E-state index is 0.0236. The highest BCUT2D eigenvalue weighted by atomic mass is 32.2. The Kier molecular flexibility index (Phi) is 11.0. The van der Waals surface area contributed by atoms with E-state index in [1.807, 2.05) is 13.1 Å². The Bertz CT molecular complexity index is 2280. The summed E-state index contributed by atoms with van der Waals surface area (Å²) in [6, 6.07) is 10.7. The smallest absolute Gasteiger partial charge is 0.334 e. The fraction of sp³-hybridized carbons (Fsp3) is 0.513. The van der Waals surface area contributed by atoms with Gasteiger partial charge in [0.15, 0.2) is 5.82 Å². The Morgan fingerprint density at radius 3 is 2.41 bits per heavy atom. The number of ether oxygens (including phenoxy) is 2. The van der Waals surface area contributed by atoms with E-state index in [1.54, 1.807) is 22.5 Å². The van der Waals surface area contributed by atoms with Gasteiger partial charge in [0.05, 0.1) is 23.4 Å². The van der Waals surface area contributed by atoms with E-state index in [4.69, 9.17) is 9.47 Å². The molecule has 0 unspecified atom stereocenters. The summed E-state index contributed by atoms with van der Waals surface area (Å²) in [6.07, 6.45) is 7.66. The van der Waals surface area contributed by atoms with Crippen LogP contribution in [0, 0.1) is 11.7 Å². The number of hydrogen-bond donors (Lipinski definition) is 2. The zero-order valence-electron chi connectivity index (χ0n) is 30.6. The number of aromatic amines is 2. The summed E-state index contributed by atoms with van der Waals surface area (Å²) in [5.74, 6) is 2.29. The molecule has 6 heterocycles. The molecule has 0 aliphatic carbocycles. The lowest BCUT2D eigenvalue weighted by Gasteiger charge is -2.36. The number of likely N-dealkylation sites (tertiary alicyclic amines) is 2. The molecule has 0 radical (unpaired) electrons. The zero-order chi connectivity index (χ0) is 37.2. The molecule has 2 N–H and O–H groups in total. The van der Waals surface area contributed by atoms with Crippen molar-refractivity contribution in [1.82, 2.24) is 39.1 Å². The van der Waals surface area contributed by atoms with Crippen molar-refractivity contribution in [2.24, 2.45) is 13.0 Å². The molecule has 0 bridgehead atoms. The lowest BCUT2D eigenvalue weighted by atomic mass is 9.89. The number of aromatic nitrogens is 6. The molecule has 3 aromatic heterocycles. The first-order valence-electron chi connectivity index (χ1n) is 19.1. The summed E-state index contributed by atoms with van der Waals surface area (Å²) in [4.78, 5) is 51.5. The number of aryl methyl sites for hydroxylation is 1. The van der Waals surface area contributed by atoms with Crippen molar-refractivity contribution in [2.75, 3.05) is 59.1 Å². The van der Waals surface area contributed by atoms with E-state index >= 15 is 4.39 Å². The van der Waals surface area contributed by atoms with Crippen LogP contribution in [0.4, 0.5) is 4.39 Å². The van der Waals surface area contributed by atoms with Gasteiger partial charge in [-0.1, -0.05) is 6.07 Å². The molecule has 13 nitrogen and oxygen atoms in total. The van der Waals surface area contributed by atoms with Crippen molar-refractivity contribution in [2.45, 2.75) is 55.4 Å². The first-order chi connectivity index (χ1) is 26.3. The van der Waals surface area contributed by atoms with Gasteiger partial charge in [-0.3, -0.25) is 23.8 Å². The summed E-state index contributed by atoms with van der Waals surface area (Å²) in [5.41, 5.74) is 1.19. The number of nitrogens with zero attached hydrogens (tertiary/aromatic N) is 6. The van der Waals surface area contributed by atoms with Crippen LogP contribution in [0.25, 0.3) is 27.6 Å². The van der Waals surface area contributed by atoms with Crippen LogP contribution in [0.2, 0.25) is 0 Å². The quantitative estimate of drug-likeness (QED) is 0.202. The Labute approximate surface area is 315 Å². The van der Waals surface area contributed by atoms with Crippen molar-refractivity contribution in [3.8, 4) is 11.6 Å². The predicted octanol–water partition coefficient (Wildman–Crippen LogP) is 4.17. The molecule has 8 rings (SSSR count). The monoisotopic (exact) mass is 758 g/mol. The first kappa shape index (κ1) is 36.7. The Balaban J connectivity index is 0.786. The number of nitrogens with one attached hydrogen (secondary N) is 2.